The van der Waals surface area contributed by atoms with Crippen molar-refractivity contribution in [3.63, 3.8) is 0 Å². The molecule has 1 saturated carbocycles. The van der Waals surface area contributed by atoms with Crippen LogP contribution in [0.4, 0.5) is 0 Å². The number of nitrogens with zero attached hydrogens (tertiary/aromatic N) is 1. The summed E-state index contributed by atoms with van der Waals surface area (Å²) in [6.07, 6.45) is 1.92. The summed E-state index contributed by atoms with van der Waals surface area (Å²) >= 11 is 0. The van der Waals surface area contributed by atoms with Crippen LogP contribution in [-0.4, -0.2) is 0 Å². The van der Waals surface area contributed by atoms with E-state index in [-0.39, 0.29) is 5.41 Å². The summed E-state index contributed by atoms with van der Waals surface area (Å²) in [4.78, 5) is 0. The van der Waals surface area contributed by atoms with Gasteiger partial charge in [0.15, 0.2) is 0 Å². The van der Waals surface area contributed by atoms with Gasteiger partial charge in [0.25, 0.3) is 0 Å². The van der Waals surface area contributed by atoms with Crippen molar-refractivity contribution in [3.05, 3.63) is 23.8 Å². The van der Waals surface area contributed by atoms with E-state index in [1.165, 1.54) is 0 Å². The fraction of sp³-hybridized carbons (Fsp3) is 0.300. The number of benzene rings is 1. The Morgan fingerprint density at radius 1 is 1.23 bits per heavy atom. The molecule has 1 fully saturated rings. The van der Waals surface area contributed by atoms with Crippen LogP contribution in [0, 0.1) is 11.3 Å². The maximum absolute atomic E-state index is 8.97. The Labute approximate surface area is 74.5 Å². The van der Waals surface area contributed by atoms with Gasteiger partial charge in [-0.15, -0.1) is 0 Å². The number of rotatable bonds is 1. The molecule has 0 radical (unpaired) electrons. The van der Waals surface area contributed by atoms with Crippen molar-refractivity contribution in [1.82, 2.24) is 0 Å². The van der Waals surface area contributed by atoms with Crippen molar-refractivity contribution in [2.45, 2.75) is 18.3 Å². The van der Waals surface area contributed by atoms with Gasteiger partial charge in [-0.1, -0.05) is 6.07 Å². The van der Waals surface area contributed by atoms with Crippen LogP contribution in [0.2, 0.25) is 0 Å². The molecule has 0 amide bonds. The van der Waals surface area contributed by atoms with E-state index in [1.807, 2.05) is 18.2 Å². The lowest BCUT2D eigenvalue weighted by molar-refractivity contribution is 0.0588. The first-order valence-electron chi connectivity index (χ1n) is 4.24. The zero-order valence-corrected chi connectivity index (χ0v) is 6.91. The molecule has 1 aromatic carbocycles. The third-order valence-electron chi connectivity index (χ3n) is 2.68. The van der Waals surface area contributed by atoms with Crippen LogP contribution in [-0.2, 0) is 5.41 Å². The molecule has 0 saturated heterocycles. The highest BCUT2D eigenvalue weighted by Crippen LogP contribution is 2.48. The third kappa shape index (κ3) is 0.775. The van der Waals surface area contributed by atoms with Crippen LogP contribution in [0.15, 0.2) is 27.4 Å². The molecule has 0 atom stereocenters. The second-order valence-electron chi connectivity index (χ2n) is 3.52. The Kier molecular flexibility index (Phi) is 1.03. The van der Waals surface area contributed by atoms with Crippen LogP contribution < -0.4 is 0 Å². The topological polar surface area (TPSA) is 50.1 Å². The van der Waals surface area contributed by atoms with Gasteiger partial charge >= 0.3 is 0 Å². The smallest absolute Gasteiger partial charge is 0.226 e. The fourth-order valence-corrected chi connectivity index (χ4v) is 1.59. The molecule has 0 spiro atoms. The molecular formula is C10H7NO2. The minimum atomic E-state index is -0.228. The Bertz CT molecular complexity index is 496. The van der Waals surface area contributed by atoms with Gasteiger partial charge < -0.3 is 0 Å². The fourth-order valence-electron chi connectivity index (χ4n) is 1.59. The maximum atomic E-state index is 8.97. The highest BCUT2D eigenvalue weighted by atomic mass is 17.0. The second kappa shape index (κ2) is 1.97. The highest BCUT2D eigenvalue weighted by molar-refractivity contribution is 5.72. The van der Waals surface area contributed by atoms with E-state index in [0.717, 1.165) is 29.6 Å². The Morgan fingerprint density at radius 2 is 2.00 bits per heavy atom. The average molecular weight is 173 g/mol. The molecule has 1 aliphatic rings. The molecule has 3 heteroatoms. The first kappa shape index (κ1) is 6.79. The van der Waals surface area contributed by atoms with E-state index >= 15 is 0 Å². The SMILES string of the molecule is N#CC1(c2ccc3ooc3c2)CC1. The lowest BCUT2D eigenvalue weighted by Gasteiger charge is -2.06. The molecule has 0 unspecified atom stereocenters. The minimum Gasteiger partial charge on any atom is -0.286 e. The van der Waals surface area contributed by atoms with Crippen LogP contribution >= 0.6 is 0 Å². The molecule has 0 N–H and O–H groups in total. The predicted octanol–water partition coefficient (Wildman–Crippen LogP) is 2.58. The monoisotopic (exact) mass is 173 g/mol. The van der Waals surface area contributed by atoms with Crippen molar-refractivity contribution >= 4 is 11.2 Å². The Hall–Kier alpha value is -1.69. The van der Waals surface area contributed by atoms with E-state index in [0.29, 0.717) is 0 Å². The lowest BCUT2D eigenvalue weighted by Crippen LogP contribution is -2.01. The molecule has 13 heavy (non-hydrogen) atoms. The number of hydrogen-bond donors (Lipinski definition) is 0. The van der Waals surface area contributed by atoms with Crippen LogP contribution in [0.3, 0.4) is 0 Å². The lowest BCUT2D eigenvalue weighted by atomic mass is 9.98. The molecule has 1 heterocycles. The summed E-state index contributed by atoms with van der Waals surface area (Å²) in [5, 5.41) is 8.97. The normalized spacial score (nSPS) is 18.7. The van der Waals surface area contributed by atoms with Gasteiger partial charge in [-0.05, 0) is 30.5 Å². The van der Waals surface area contributed by atoms with E-state index in [2.05, 4.69) is 6.07 Å². The predicted molar refractivity (Wildman–Crippen MR) is 45.0 cm³/mol. The van der Waals surface area contributed by atoms with Gasteiger partial charge in [-0.2, -0.15) is 5.26 Å². The van der Waals surface area contributed by atoms with Crippen LogP contribution in [0.25, 0.3) is 11.2 Å². The molecule has 3 rings (SSSR count). The van der Waals surface area contributed by atoms with Gasteiger partial charge in [-0.25, -0.2) is 0 Å². The third-order valence-corrected chi connectivity index (χ3v) is 2.68. The van der Waals surface area contributed by atoms with Crippen molar-refractivity contribution < 1.29 is 9.15 Å². The van der Waals surface area contributed by atoms with E-state index in [1.54, 1.807) is 0 Å². The zero-order valence-electron chi connectivity index (χ0n) is 6.91. The Morgan fingerprint density at radius 3 is 2.46 bits per heavy atom. The molecule has 0 bridgehead atoms. The molecule has 1 aromatic heterocycles. The summed E-state index contributed by atoms with van der Waals surface area (Å²) in [6, 6.07) is 8.04. The van der Waals surface area contributed by atoms with Gasteiger partial charge in [0.05, 0.1) is 11.5 Å². The number of fused-ring (bicyclic) bond motifs is 1. The summed E-state index contributed by atoms with van der Waals surface area (Å²) in [5.74, 6) is 0. The number of hydrogen-bond acceptors (Lipinski definition) is 3. The molecule has 64 valence electrons. The standard InChI is InChI=1S/C10H7NO2/c11-6-10(3-4-10)7-1-2-8-9(5-7)13-12-8/h1-2,5H,3-4H2. The van der Waals surface area contributed by atoms with E-state index in [4.69, 9.17) is 14.4 Å². The van der Waals surface area contributed by atoms with Gasteiger partial charge in [0.2, 0.25) is 11.2 Å². The van der Waals surface area contributed by atoms with Crippen LogP contribution in [0.1, 0.15) is 18.4 Å². The molecule has 3 nitrogen and oxygen atoms in total. The Balaban J connectivity index is 2.15. The van der Waals surface area contributed by atoms with Crippen molar-refractivity contribution in [3.8, 4) is 6.07 Å². The van der Waals surface area contributed by atoms with Crippen LogP contribution in [0.5, 0.6) is 0 Å². The minimum absolute atomic E-state index is 0.228. The summed E-state index contributed by atoms with van der Waals surface area (Å²) in [7, 11) is 0. The van der Waals surface area contributed by atoms with Crippen molar-refractivity contribution in [2.24, 2.45) is 0 Å². The van der Waals surface area contributed by atoms with Gasteiger partial charge in [0, 0.05) is 0 Å². The number of nitriles is 1. The quantitative estimate of drug-likeness (QED) is 0.622. The summed E-state index contributed by atoms with van der Waals surface area (Å²) < 4.78 is 9.49. The van der Waals surface area contributed by atoms with Crippen molar-refractivity contribution in [2.75, 3.05) is 0 Å². The zero-order chi connectivity index (χ0) is 8.89. The maximum Gasteiger partial charge on any atom is 0.226 e. The molecule has 0 aliphatic heterocycles. The second-order valence-corrected chi connectivity index (χ2v) is 3.52. The molecule has 1 aliphatic carbocycles. The molecule has 2 aromatic rings. The summed E-state index contributed by atoms with van der Waals surface area (Å²) in [6.45, 7) is 0. The average Bonchev–Trinajstić information content (AvgIpc) is 2.88. The van der Waals surface area contributed by atoms with Gasteiger partial charge in [0.1, 0.15) is 0 Å². The highest BCUT2D eigenvalue weighted by Gasteiger charge is 2.45. The first-order chi connectivity index (χ1) is 6.34. The largest absolute Gasteiger partial charge is 0.286 e. The van der Waals surface area contributed by atoms with Crippen molar-refractivity contribution in [1.29, 1.82) is 5.26 Å². The first-order valence-corrected chi connectivity index (χ1v) is 4.24. The molecular weight excluding hydrogens is 166 g/mol. The van der Waals surface area contributed by atoms with E-state index < -0.39 is 0 Å². The van der Waals surface area contributed by atoms with Gasteiger partial charge in [-0.3, -0.25) is 9.15 Å². The summed E-state index contributed by atoms with van der Waals surface area (Å²) in [5.41, 5.74) is 2.34. The van der Waals surface area contributed by atoms with E-state index in [9.17, 15) is 0 Å².